The van der Waals surface area contributed by atoms with Gasteiger partial charge in [-0.1, -0.05) is 43.3 Å². The average Bonchev–Trinajstić information content (AvgIpc) is 2.79. The van der Waals surface area contributed by atoms with Crippen LogP contribution in [-0.4, -0.2) is 35.5 Å². The lowest BCUT2D eigenvalue weighted by molar-refractivity contribution is -0.118. The van der Waals surface area contributed by atoms with Gasteiger partial charge in [0.25, 0.3) is 0 Å². The minimum atomic E-state index is -0.281. The van der Waals surface area contributed by atoms with Gasteiger partial charge in [-0.2, -0.15) is 0 Å². The number of aryl methyl sites for hydroxylation is 1. The summed E-state index contributed by atoms with van der Waals surface area (Å²) in [5.74, 6) is 0.760. The van der Waals surface area contributed by atoms with Crippen LogP contribution in [0.4, 0.5) is 5.69 Å². The van der Waals surface area contributed by atoms with Crippen molar-refractivity contribution < 1.29 is 9.90 Å². The van der Waals surface area contributed by atoms with Gasteiger partial charge >= 0.3 is 0 Å². The Balaban J connectivity index is 1.33. The van der Waals surface area contributed by atoms with Gasteiger partial charge < -0.3 is 10.0 Å². The zero-order valence-corrected chi connectivity index (χ0v) is 18.1. The van der Waals surface area contributed by atoms with E-state index in [2.05, 4.69) is 23.1 Å². The van der Waals surface area contributed by atoms with Crippen LogP contribution in [0.2, 0.25) is 0 Å². The number of para-hydroxylation sites is 1. The van der Waals surface area contributed by atoms with Gasteiger partial charge in [0.15, 0.2) is 0 Å². The highest BCUT2D eigenvalue weighted by Crippen LogP contribution is 2.31. The second-order valence-electron chi connectivity index (χ2n) is 8.85. The maximum absolute atomic E-state index is 12.5. The largest absolute Gasteiger partial charge is 0.388 e. The summed E-state index contributed by atoms with van der Waals surface area (Å²) in [6.45, 7) is 5.90. The molecule has 1 fully saturated rings. The SMILES string of the molecule is CCC(=O)N(CC1CCN(Cc2ccc3c(c2)CCC[C@@H]3O)CC1)c1ccccc1. The zero-order valence-electron chi connectivity index (χ0n) is 18.1. The molecule has 2 aromatic rings. The maximum Gasteiger partial charge on any atom is 0.226 e. The van der Waals surface area contributed by atoms with Crippen molar-refractivity contribution in [3.8, 4) is 0 Å². The third-order valence-corrected chi connectivity index (χ3v) is 6.72. The molecule has 1 heterocycles. The van der Waals surface area contributed by atoms with E-state index < -0.39 is 0 Å². The number of amides is 1. The monoisotopic (exact) mass is 406 g/mol. The van der Waals surface area contributed by atoms with E-state index in [-0.39, 0.29) is 12.0 Å². The molecule has 0 saturated carbocycles. The Morgan fingerprint density at radius 1 is 1.10 bits per heavy atom. The second-order valence-corrected chi connectivity index (χ2v) is 8.85. The van der Waals surface area contributed by atoms with Crippen LogP contribution < -0.4 is 4.90 Å². The fourth-order valence-electron chi connectivity index (χ4n) is 4.93. The Morgan fingerprint density at radius 3 is 2.60 bits per heavy atom. The Morgan fingerprint density at radius 2 is 1.87 bits per heavy atom. The van der Waals surface area contributed by atoms with Crippen LogP contribution in [0.25, 0.3) is 0 Å². The lowest BCUT2D eigenvalue weighted by atomic mass is 9.88. The number of aliphatic hydroxyl groups is 1. The molecule has 1 atom stereocenters. The van der Waals surface area contributed by atoms with Crippen molar-refractivity contribution in [2.75, 3.05) is 24.5 Å². The molecule has 0 radical (unpaired) electrons. The van der Waals surface area contributed by atoms with Gasteiger partial charge in [-0.05, 0) is 79.9 Å². The molecule has 1 saturated heterocycles. The molecule has 1 N–H and O–H groups in total. The number of rotatable bonds is 6. The molecule has 0 bridgehead atoms. The number of piperidine rings is 1. The maximum atomic E-state index is 12.5. The predicted molar refractivity (Wildman–Crippen MR) is 121 cm³/mol. The van der Waals surface area contributed by atoms with Gasteiger partial charge in [0.2, 0.25) is 5.91 Å². The molecule has 1 amide bonds. The van der Waals surface area contributed by atoms with E-state index in [9.17, 15) is 9.90 Å². The molecule has 4 rings (SSSR count). The van der Waals surface area contributed by atoms with Crippen LogP contribution in [0.5, 0.6) is 0 Å². The summed E-state index contributed by atoms with van der Waals surface area (Å²) in [5, 5.41) is 10.2. The molecule has 2 aromatic carbocycles. The number of hydrogen-bond acceptors (Lipinski definition) is 3. The molecular weight excluding hydrogens is 372 g/mol. The molecule has 1 aliphatic heterocycles. The Bertz CT molecular complexity index is 843. The van der Waals surface area contributed by atoms with Gasteiger partial charge in [0.05, 0.1) is 6.10 Å². The van der Waals surface area contributed by atoms with E-state index in [1.807, 2.05) is 42.2 Å². The highest BCUT2D eigenvalue weighted by Gasteiger charge is 2.25. The number of likely N-dealkylation sites (tertiary alicyclic amines) is 1. The van der Waals surface area contributed by atoms with Crippen LogP contribution >= 0.6 is 0 Å². The van der Waals surface area contributed by atoms with E-state index in [0.717, 1.165) is 69.5 Å². The molecule has 4 nitrogen and oxygen atoms in total. The smallest absolute Gasteiger partial charge is 0.226 e. The Hall–Kier alpha value is -2.17. The molecule has 1 aliphatic carbocycles. The van der Waals surface area contributed by atoms with Crippen molar-refractivity contribution in [3.05, 3.63) is 65.2 Å². The summed E-state index contributed by atoms with van der Waals surface area (Å²) < 4.78 is 0. The topological polar surface area (TPSA) is 43.8 Å². The van der Waals surface area contributed by atoms with Crippen LogP contribution in [0.15, 0.2) is 48.5 Å². The van der Waals surface area contributed by atoms with Crippen LogP contribution in [0.3, 0.4) is 0 Å². The second kappa shape index (κ2) is 9.76. The van der Waals surface area contributed by atoms with Crippen molar-refractivity contribution in [1.82, 2.24) is 4.90 Å². The fourth-order valence-corrected chi connectivity index (χ4v) is 4.93. The zero-order chi connectivity index (χ0) is 20.9. The van der Waals surface area contributed by atoms with Crippen LogP contribution in [0, 0.1) is 5.92 Å². The highest BCUT2D eigenvalue weighted by atomic mass is 16.3. The van der Waals surface area contributed by atoms with Crippen molar-refractivity contribution >= 4 is 11.6 Å². The Kier molecular flexibility index (Phi) is 6.86. The molecule has 160 valence electrons. The summed E-state index contributed by atoms with van der Waals surface area (Å²) >= 11 is 0. The van der Waals surface area contributed by atoms with Gasteiger partial charge in [0, 0.05) is 25.2 Å². The first-order valence-electron chi connectivity index (χ1n) is 11.5. The Labute approximate surface area is 180 Å². The third kappa shape index (κ3) is 4.93. The summed E-state index contributed by atoms with van der Waals surface area (Å²) in [4.78, 5) is 17.0. The summed E-state index contributed by atoms with van der Waals surface area (Å²) in [6, 6.07) is 16.7. The number of benzene rings is 2. The van der Waals surface area contributed by atoms with E-state index in [1.165, 1.54) is 11.1 Å². The van der Waals surface area contributed by atoms with Gasteiger partial charge in [-0.3, -0.25) is 9.69 Å². The molecule has 2 aliphatic rings. The van der Waals surface area contributed by atoms with E-state index in [4.69, 9.17) is 0 Å². The van der Waals surface area contributed by atoms with Crippen molar-refractivity contribution in [2.45, 2.75) is 58.1 Å². The van der Waals surface area contributed by atoms with Gasteiger partial charge in [-0.15, -0.1) is 0 Å². The number of aliphatic hydroxyl groups excluding tert-OH is 1. The summed E-state index contributed by atoms with van der Waals surface area (Å²) in [5.41, 5.74) is 4.83. The summed E-state index contributed by atoms with van der Waals surface area (Å²) in [7, 11) is 0. The normalized spacial score (nSPS) is 20.0. The fraction of sp³-hybridized carbons (Fsp3) is 0.500. The first-order valence-corrected chi connectivity index (χ1v) is 11.5. The summed E-state index contributed by atoms with van der Waals surface area (Å²) in [6.07, 6.45) is 5.58. The van der Waals surface area contributed by atoms with Crippen molar-refractivity contribution in [2.24, 2.45) is 5.92 Å². The number of anilines is 1. The van der Waals surface area contributed by atoms with E-state index in [1.54, 1.807) is 0 Å². The highest BCUT2D eigenvalue weighted by molar-refractivity contribution is 5.93. The molecule has 0 unspecified atom stereocenters. The molecule has 4 heteroatoms. The lowest BCUT2D eigenvalue weighted by Gasteiger charge is -2.35. The van der Waals surface area contributed by atoms with E-state index >= 15 is 0 Å². The van der Waals surface area contributed by atoms with Crippen molar-refractivity contribution in [3.63, 3.8) is 0 Å². The van der Waals surface area contributed by atoms with Gasteiger partial charge in [0.1, 0.15) is 0 Å². The molecule has 30 heavy (non-hydrogen) atoms. The number of carbonyl (C=O) groups is 1. The number of nitrogens with zero attached hydrogens (tertiary/aromatic N) is 2. The first kappa shape index (κ1) is 21.1. The molecule has 0 aromatic heterocycles. The average molecular weight is 407 g/mol. The lowest BCUT2D eigenvalue weighted by Crippen LogP contribution is -2.40. The minimum absolute atomic E-state index is 0.208. The molecule has 0 spiro atoms. The third-order valence-electron chi connectivity index (χ3n) is 6.72. The van der Waals surface area contributed by atoms with Crippen LogP contribution in [0.1, 0.15) is 61.8 Å². The van der Waals surface area contributed by atoms with Crippen LogP contribution in [-0.2, 0) is 17.8 Å². The number of carbonyl (C=O) groups excluding carboxylic acids is 1. The quantitative estimate of drug-likeness (QED) is 0.755. The standard InChI is InChI=1S/C26H34N2O2/c1-2-26(30)28(23-8-4-3-5-9-23)19-20-13-15-27(16-14-20)18-21-11-12-24-22(17-21)7-6-10-25(24)29/h3-5,8-9,11-12,17,20,25,29H,2,6-7,10,13-16,18-19H2,1H3/t25-/m0/s1. The number of fused-ring (bicyclic) bond motifs is 1. The predicted octanol–water partition coefficient (Wildman–Crippen LogP) is 4.71. The minimum Gasteiger partial charge on any atom is -0.388 e. The molecular formula is C26H34N2O2. The van der Waals surface area contributed by atoms with Crippen molar-refractivity contribution in [1.29, 1.82) is 0 Å². The number of hydrogen-bond donors (Lipinski definition) is 1. The first-order chi connectivity index (χ1) is 14.6. The van der Waals surface area contributed by atoms with Gasteiger partial charge in [-0.25, -0.2) is 0 Å². The van der Waals surface area contributed by atoms with E-state index in [0.29, 0.717) is 12.3 Å².